The van der Waals surface area contributed by atoms with E-state index in [0.717, 1.165) is 4.68 Å². The Balaban J connectivity index is 2.33. The van der Waals surface area contributed by atoms with Crippen molar-refractivity contribution in [3.8, 4) is 0 Å². The van der Waals surface area contributed by atoms with Crippen molar-refractivity contribution in [1.82, 2.24) is 9.78 Å². The van der Waals surface area contributed by atoms with Gasteiger partial charge in [0.2, 0.25) is 0 Å². The lowest BCUT2D eigenvalue weighted by molar-refractivity contribution is -0.141. The first-order valence-corrected chi connectivity index (χ1v) is 6.01. The van der Waals surface area contributed by atoms with Crippen LogP contribution in [0.1, 0.15) is 23.0 Å². The zero-order valence-electron chi connectivity index (χ0n) is 10.3. The zero-order valence-corrected chi connectivity index (χ0v) is 10.3. The van der Waals surface area contributed by atoms with Gasteiger partial charge in [0.1, 0.15) is 0 Å². The summed E-state index contributed by atoms with van der Waals surface area (Å²) >= 11 is 0. The van der Waals surface area contributed by atoms with Gasteiger partial charge in [-0.05, 0) is 6.07 Å². The number of benzene rings is 1. The van der Waals surface area contributed by atoms with Gasteiger partial charge in [-0.1, -0.05) is 18.2 Å². The second kappa shape index (κ2) is 4.44. The van der Waals surface area contributed by atoms with Crippen LogP contribution in [0.25, 0.3) is 10.8 Å². The lowest BCUT2D eigenvalue weighted by Gasteiger charge is -2.11. The average molecular weight is 274 g/mol. The molecule has 3 rings (SSSR count). The van der Waals surface area contributed by atoms with Crippen LogP contribution in [0, 0.1) is 0 Å². The summed E-state index contributed by atoms with van der Waals surface area (Å²) in [5, 5.41) is 13.5. The molecule has 0 radical (unpaired) electrons. The molecular formula is C13H10N2O5. The highest BCUT2D eigenvalue weighted by molar-refractivity contribution is 6.01. The molecular weight excluding hydrogens is 264 g/mol. The first-order chi connectivity index (χ1) is 9.59. The molecule has 2 heterocycles. The predicted octanol–water partition coefficient (Wildman–Crippen LogP) is 0.583. The van der Waals surface area contributed by atoms with E-state index in [1.54, 1.807) is 12.1 Å². The number of esters is 1. The fraction of sp³-hybridized carbons (Fsp3) is 0.231. The first kappa shape index (κ1) is 12.3. The standard InChI is InChI=1S/C13H10N2O5/c16-11-8-4-2-1-3-7(8)10(12(17)18)14-15(11)9-5-6-20-13(9)19/h1-4,9H,5-6H2,(H,17,18). The van der Waals surface area contributed by atoms with Crippen molar-refractivity contribution < 1.29 is 19.4 Å². The van der Waals surface area contributed by atoms with Gasteiger partial charge in [-0.25, -0.2) is 14.3 Å². The van der Waals surface area contributed by atoms with Crippen LogP contribution in [0.2, 0.25) is 0 Å². The Kier molecular flexibility index (Phi) is 2.74. The molecule has 20 heavy (non-hydrogen) atoms. The van der Waals surface area contributed by atoms with Crippen LogP contribution in [0.3, 0.4) is 0 Å². The van der Waals surface area contributed by atoms with Crippen LogP contribution < -0.4 is 5.56 Å². The van der Waals surface area contributed by atoms with Gasteiger partial charge in [0, 0.05) is 11.8 Å². The molecule has 1 aliphatic rings. The molecule has 1 aromatic heterocycles. The molecule has 102 valence electrons. The normalized spacial score (nSPS) is 18.2. The van der Waals surface area contributed by atoms with E-state index < -0.39 is 23.5 Å². The molecule has 1 saturated heterocycles. The molecule has 7 heteroatoms. The fourth-order valence-electron chi connectivity index (χ4n) is 2.28. The van der Waals surface area contributed by atoms with E-state index in [-0.39, 0.29) is 23.1 Å². The average Bonchev–Trinajstić information content (AvgIpc) is 2.85. The van der Waals surface area contributed by atoms with E-state index in [2.05, 4.69) is 5.10 Å². The Labute approximate surface area is 112 Å². The Morgan fingerprint density at radius 1 is 1.30 bits per heavy atom. The van der Waals surface area contributed by atoms with Crippen LogP contribution in [0.4, 0.5) is 0 Å². The molecule has 0 bridgehead atoms. The Morgan fingerprint density at radius 3 is 2.60 bits per heavy atom. The van der Waals surface area contributed by atoms with Crippen molar-refractivity contribution in [1.29, 1.82) is 0 Å². The quantitative estimate of drug-likeness (QED) is 0.804. The maximum atomic E-state index is 12.3. The molecule has 1 aliphatic heterocycles. The molecule has 1 aromatic carbocycles. The van der Waals surface area contributed by atoms with Crippen LogP contribution >= 0.6 is 0 Å². The molecule has 0 aliphatic carbocycles. The number of aromatic carboxylic acids is 1. The number of nitrogens with zero attached hydrogens (tertiary/aromatic N) is 2. The molecule has 2 aromatic rings. The summed E-state index contributed by atoms with van der Waals surface area (Å²) in [6.45, 7) is 0.201. The highest BCUT2D eigenvalue weighted by Gasteiger charge is 2.31. The highest BCUT2D eigenvalue weighted by Crippen LogP contribution is 2.20. The summed E-state index contributed by atoms with van der Waals surface area (Å²) in [7, 11) is 0. The summed E-state index contributed by atoms with van der Waals surface area (Å²) < 4.78 is 5.72. The van der Waals surface area contributed by atoms with Gasteiger partial charge in [0.25, 0.3) is 5.56 Å². The number of carbonyl (C=O) groups is 2. The monoisotopic (exact) mass is 274 g/mol. The number of hydrogen-bond donors (Lipinski definition) is 1. The number of hydrogen-bond acceptors (Lipinski definition) is 5. The van der Waals surface area contributed by atoms with E-state index in [1.165, 1.54) is 12.1 Å². The van der Waals surface area contributed by atoms with Crippen molar-refractivity contribution >= 4 is 22.7 Å². The summed E-state index contributed by atoms with van der Waals surface area (Å²) in [5.41, 5.74) is -0.741. The Morgan fingerprint density at radius 2 is 2.00 bits per heavy atom. The third kappa shape index (κ3) is 1.75. The second-order valence-corrected chi connectivity index (χ2v) is 4.42. The third-order valence-electron chi connectivity index (χ3n) is 3.23. The minimum absolute atomic E-state index is 0.201. The molecule has 0 spiro atoms. The van der Waals surface area contributed by atoms with Gasteiger partial charge < -0.3 is 9.84 Å². The van der Waals surface area contributed by atoms with E-state index in [1.807, 2.05) is 0 Å². The van der Waals surface area contributed by atoms with E-state index in [0.29, 0.717) is 6.42 Å². The molecule has 0 amide bonds. The smallest absolute Gasteiger partial charge is 0.357 e. The molecule has 0 saturated carbocycles. The Hall–Kier alpha value is -2.70. The van der Waals surface area contributed by atoms with E-state index in [9.17, 15) is 19.5 Å². The van der Waals surface area contributed by atoms with E-state index >= 15 is 0 Å². The van der Waals surface area contributed by atoms with Gasteiger partial charge in [0.15, 0.2) is 11.7 Å². The molecule has 1 unspecified atom stereocenters. The predicted molar refractivity (Wildman–Crippen MR) is 67.6 cm³/mol. The van der Waals surface area contributed by atoms with Crippen LogP contribution in [-0.4, -0.2) is 33.4 Å². The number of carboxylic acids is 1. The van der Waals surface area contributed by atoms with Gasteiger partial charge in [0.05, 0.1) is 12.0 Å². The largest absolute Gasteiger partial charge is 0.476 e. The van der Waals surface area contributed by atoms with Crippen LogP contribution in [-0.2, 0) is 9.53 Å². The van der Waals surface area contributed by atoms with Crippen molar-refractivity contribution in [3.05, 3.63) is 40.3 Å². The van der Waals surface area contributed by atoms with E-state index in [4.69, 9.17) is 4.74 Å². The minimum Gasteiger partial charge on any atom is -0.476 e. The number of ether oxygens (including phenoxy) is 1. The van der Waals surface area contributed by atoms with Gasteiger partial charge in [-0.15, -0.1) is 0 Å². The van der Waals surface area contributed by atoms with Gasteiger partial charge in [-0.2, -0.15) is 5.10 Å². The number of fused-ring (bicyclic) bond motifs is 1. The summed E-state index contributed by atoms with van der Waals surface area (Å²) in [6.07, 6.45) is 0.309. The number of aromatic nitrogens is 2. The summed E-state index contributed by atoms with van der Waals surface area (Å²) in [6, 6.07) is 5.44. The highest BCUT2D eigenvalue weighted by atomic mass is 16.5. The van der Waals surface area contributed by atoms with Crippen LogP contribution in [0.15, 0.2) is 29.1 Å². The van der Waals surface area contributed by atoms with Gasteiger partial charge >= 0.3 is 11.9 Å². The minimum atomic E-state index is -1.25. The number of rotatable bonds is 2. The number of carbonyl (C=O) groups excluding carboxylic acids is 1. The molecule has 1 fully saturated rings. The Bertz CT molecular complexity index is 780. The lowest BCUT2D eigenvalue weighted by atomic mass is 10.1. The fourth-order valence-corrected chi connectivity index (χ4v) is 2.28. The molecule has 1 atom stereocenters. The van der Waals surface area contributed by atoms with Crippen molar-refractivity contribution in [3.63, 3.8) is 0 Å². The van der Waals surface area contributed by atoms with Crippen LogP contribution in [0.5, 0.6) is 0 Å². The lowest BCUT2D eigenvalue weighted by Crippen LogP contribution is -2.31. The second-order valence-electron chi connectivity index (χ2n) is 4.42. The zero-order chi connectivity index (χ0) is 14.3. The number of carboxylic acid groups (broad SMARTS) is 1. The first-order valence-electron chi connectivity index (χ1n) is 6.01. The summed E-state index contributed by atoms with van der Waals surface area (Å²) in [5.74, 6) is -1.81. The SMILES string of the molecule is O=C(O)c1nn(C2CCOC2=O)c(=O)c2ccccc12. The summed E-state index contributed by atoms with van der Waals surface area (Å²) in [4.78, 5) is 35.2. The molecule has 7 nitrogen and oxygen atoms in total. The van der Waals surface area contributed by atoms with Crippen molar-refractivity contribution in [2.45, 2.75) is 12.5 Å². The maximum Gasteiger partial charge on any atom is 0.357 e. The topological polar surface area (TPSA) is 98.5 Å². The van der Waals surface area contributed by atoms with Gasteiger partial charge in [-0.3, -0.25) is 4.79 Å². The van der Waals surface area contributed by atoms with Crippen molar-refractivity contribution in [2.75, 3.05) is 6.61 Å². The van der Waals surface area contributed by atoms with Crippen molar-refractivity contribution in [2.24, 2.45) is 0 Å². The number of cyclic esters (lactones) is 1. The molecule has 1 N–H and O–H groups in total. The maximum absolute atomic E-state index is 12.3. The third-order valence-corrected chi connectivity index (χ3v) is 3.23.